The molecule has 1 saturated heterocycles. The number of rotatable bonds is 4. The Morgan fingerprint density at radius 1 is 1.41 bits per heavy atom. The van der Waals surface area contributed by atoms with E-state index in [1.54, 1.807) is 0 Å². The number of hydrogen-bond acceptors (Lipinski definition) is 3. The topological polar surface area (TPSA) is 30.5 Å². The molecule has 1 N–H and O–H groups in total. The van der Waals surface area contributed by atoms with E-state index in [9.17, 15) is 0 Å². The lowest BCUT2D eigenvalue weighted by Gasteiger charge is -2.23. The number of nitrogens with one attached hydrogen (secondary N) is 1. The maximum Gasteiger partial charge on any atom is 0.0933 e. The fourth-order valence-corrected chi connectivity index (χ4v) is 2.29. The van der Waals surface area contributed by atoms with Crippen LogP contribution in [0.15, 0.2) is 22.7 Å². The quantitative estimate of drug-likeness (QED) is 0.925. The minimum absolute atomic E-state index is 0.148. The standard InChI is InChI=1S/C12H15BrClNO2/c13-10-1-2-12(14)9(5-10)6-15-7-11-8-16-3-4-17-11/h1-2,5,11,15H,3-4,6-8H2. The summed E-state index contributed by atoms with van der Waals surface area (Å²) < 4.78 is 11.9. The highest BCUT2D eigenvalue weighted by Gasteiger charge is 2.13. The fraction of sp³-hybridized carbons (Fsp3) is 0.500. The second-order valence-corrected chi connectivity index (χ2v) is 5.26. The number of hydrogen-bond donors (Lipinski definition) is 1. The molecule has 0 aromatic heterocycles. The Morgan fingerprint density at radius 2 is 2.29 bits per heavy atom. The lowest BCUT2D eigenvalue weighted by molar-refractivity contribution is -0.0864. The third-order valence-corrected chi connectivity index (χ3v) is 3.44. The summed E-state index contributed by atoms with van der Waals surface area (Å²) in [5.74, 6) is 0. The molecule has 1 heterocycles. The van der Waals surface area contributed by atoms with Crippen molar-refractivity contribution in [2.75, 3.05) is 26.4 Å². The van der Waals surface area contributed by atoms with Gasteiger partial charge >= 0.3 is 0 Å². The number of halogens is 2. The predicted molar refractivity (Wildman–Crippen MR) is 71.4 cm³/mol. The molecule has 0 radical (unpaired) electrons. The zero-order valence-electron chi connectivity index (χ0n) is 9.42. The molecule has 1 aliphatic heterocycles. The molecule has 1 aromatic carbocycles. The van der Waals surface area contributed by atoms with Crippen molar-refractivity contribution in [3.63, 3.8) is 0 Å². The van der Waals surface area contributed by atoms with Gasteiger partial charge < -0.3 is 14.8 Å². The highest BCUT2D eigenvalue weighted by Crippen LogP contribution is 2.20. The van der Waals surface area contributed by atoms with Gasteiger partial charge in [-0.1, -0.05) is 27.5 Å². The van der Waals surface area contributed by atoms with Gasteiger partial charge in [-0.05, 0) is 23.8 Å². The lowest BCUT2D eigenvalue weighted by atomic mass is 10.2. The van der Waals surface area contributed by atoms with Crippen LogP contribution in [-0.2, 0) is 16.0 Å². The van der Waals surface area contributed by atoms with Gasteiger partial charge in [-0.3, -0.25) is 0 Å². The molecule has 1 unspecified atom stereocenters. The first kappa shape index (κ1) is 13.3. The van der Waals surface area contributed by atoms with E-state index in [1.807, 2.05) is 18.2 Å². The van der Waals surface area contributed by atoms with E-state index in [-0.39, 0.29) is 6.10 Å². The largest absolute Gasteiger partial charge is 0.376 e. The van der Waals surface area contributed by atoms with Crippen molar-refractivity contribution in [3.05, 3.63) is 33.3 Å². The molecule has 3 nitrogen and oxygen atoms in total. The van der Waals surface area contributed by atoms with Crippen LogP contribution in [-0.4, -0.2) is 32.5 Å². The van der Waals surface area contributed by atoms with E-state index in [0.717, 1.165) is 28.1 Å². The Kier molecular flexibility index (Phi) is 5.25. The molecule has 1 atom stereocenters. The van der Waals surface area contributed by atoms with E-state index >= 15 is 0 Å². The Bertz CT molecular complexity index is 370. The first-order valence-corrected chi connectivity index (χ1v) is 6.77. The Balaban J connectivity index is 1.79. The smallest absolute Gasteiger partial charge is 0.0933 e. The molecule has 0 aliphatic carbocycles. The van der Waals surface area contributed by atoms with E-state index in [0.29, 0.717) is 19.8 Å². The van der Waals surface area contributed by atoms with Crippen LogP contribution in [0.4, 0.5) is 0 Å². The zero-order valence-corrected chi connectivity index (χ0v) is 11.8. The third-order valence-electron chi connectivity index (χ3n) is 2.58. The first-order valence-electron chi connectivity index (χ1n) is 5.59. The van der Waals surface area contributed by atoms with E-state index in [4.69, 9.17) is 21.1 Å². The summed E-state index contributed by atoms with van der Waals surface area (Å²) in [7, 11) is 0. The van der Waals surface area contributed by atoms with Crippen LogP contribution in [0.1, 0.15) is 5.56 Å². The highest BCUT2D eigenvalue weighted by atomic mass is 79.9. The van der Waals surface area contributed by atoms with Gasteiger partial charge in [0.1, 0.15) is 0 Å². The van der Waals surface area contributed by atoms with E-state index < -0.39 is 0 Å². The van der Waals surface area contributed by atoms with Crippen molar-refractivity contribution in [3.8, 4) is 0 Å². The molecule has 0 bridgehead atoms. The van der Waals surface area contributed by atoms with Gasteiger partial charge in [0.05, 0.1) is 25.9 Å². The van der Waals surface area contributed by atoms with Gasteiger partial charge in [0.2, 0.25) is 0 Å². The second kappa shape index (κ2) is 6.71. The molecule has 0 amide bonds. The van der Waals surface area contributed by atoms with E-state index in [1.165, 1.54) is 0 Å². The normalized spacial score (nSPS) is 20.5. The molecule has 1 aromatic rings. The predicted octanol–water partition coefficient (Wildman–Crippen LogP) is 2.61. The van der Waals surface area contributed by atoms with E-state index in [2.05, 4.69) is 21.2 Å². The van der Waals surface area contributed by atoms with Crippen LogP contribution in [0.3, 0.4) is 0 Å². The maximum atomic E-state index is 6.10. The van der Waals surface area contributed by atoms with Crippen molar-refractivity contribution < 1.29 is 9.47 Å². The van der Waals surface area contributed by atoms with Crippen molar-refractivity contribution in [2.45, 2.75) is 12.6 Å². The molecular formula is C12H15BrClNO2. The van der Waals surface area contributed by atoms with Gasteiger partial charge in [0, 0.05) is 22.6 Å². The Morgan fingerprint density at radius 3 is 3.06 bits per heavy atom. The van der Waals surface area contributed by atoms with Crippen molar-refractivity contribution >= 4 is 27.5 Å². The maximum absolute atomic E-state index is 6.10. The lowest BCUT2D eigenvalue weighted by Crippen LogP contribution is -2.37. The summed E-state index contributed by atoms with van der Waals surface area (Å²) in [5, 5.41) is 4.11. The van der Waals surface area contributed by atoms with Crippen LogP contribution in [0.25, 0.3) is 0 Å². The molecule has 1 fully saturated rings. The van der Waals surface area contributed by atoms with Crippen LogP contribution in [0, 0.1) is 0 Å². The van der Waals surface area contributed by atoms with Crippen LogP contribution in [0.2, 0.25) is 5.02 Å². The Hall–Kier alpha value is -0.130. The third kappa shape index (κ3) is 4.23. The summed E-state index contributed by atoms with van der Waals surface area (Å²) in [6, 6.07) is 5.85. The van der Waals surface area contributed by atoms with Crippen molar-refractivity contribution in [2.24, 2.45) is 0 Å². The van der Waals surface area contributed by atoms with Gasteiger partial charge in [0.15, 0.2) is 0 Å². The molecular weight excluding hydrogens is 305 g/mol. The van der Waals surface area contributed by atoms with Gasteiger partial charge in [-0.25, -0.2) is 0 Å². The number of benzene rings is 1. The second-order valence-electron chi connectivity index (χ2n) is 3.93. The number of ether oxygens (including phenoxy) is 2. The van der Waals surface area contributed by atoms with Crippen molar-refractivity contribution in [1.29, 1.82) is 0 Å². The minimum Gasteiger partial charge on any atom is -0.376 e. The SMILES string of the molecule is Clc1ccc(Br)cc1CNCC1COCCO1. The monoisotopic (exact) mass is 319 g/mol. The van der Waals surface area contributed by atoms with Gasteiger partial charge in [-0.15, -0.1) is 0 Å². The average Bonchev–Trinajstić information content (AvgIpc) is 2.35. The summed E-state index contributed by atoms with van der Waals surface area (Å²) in [6.07, 6.45) is 0.148. The van der Waals surface area contributed by atoms with Crippen LogP contribution >= 0.6 is 27.5 Å². The minimum atomic E-state index is 0.148. The molecule has 0 saturated carbocycles. The summed E-state index contributed by atoms with van der Waals surface area (Å²) in [6.45, 7) is 3.57. The summed E-state index contributed by atoms with van der Waals surface area (Å²) in [4.78, 5) is 0. The molecule has 0 spiro atoms. The van der Waals surface area contributed by atoms with Crippen LogP contribution < -0.4 is 5.32 Å². The molecule has 2 rings (SSSR count). The van der Waals surface area contributed by atoms with Crippen LogP contribution in [0.5, 0.6) is 0 Å². The zero-order chi connectivity index (χ0) is 12.1. The first-order chi connectivity index (χ1) is 8.25. The summed E-state index contributed by atoms with van der Waals surface area (Å²) >= 11 is 9.53. The van der Waals surface area contributed by atoms with Gasteiger partial charge in [-0.2, -0.15) is 0 Å². The highest BCUT2D eigenvalue weighted by molar-refractivity contribution is 9.10. The van der Waals surface area contributed by atoms with Gasteiger partial charge in [0.25, 0.3) is 0 Å². The Labute approximate surface area is 115 Å². The fourth-order valence-electron chi connectivity index (χ4n) is 1.70. The molecule has 17 heavy (non-hydrogen) atoms. The summed E-state index contributed by atoms with van der Waals surface area (Å²) in [5.41, 5.74) is 1.08. The molecule has 94 valence electrons. The van der Waals surface area contributed by atoms with Crippen molar-refractivity contribution in [1.82, 2.24) is 5.32 Å². The molecule has 1 aliphatic rings. The average molecular weight is 321 g/mol. The molecule has 5 heteroatoms.